The highest BCUT2D eigenvalue weighted by molar-refractivity contribution is 5.65. The molecule has 1 atom stereocenters. The van der Waals surface area contributed by atoms with Crippen molar-refractivity contribution in [1.82, 2.24) is 0 Å². The molecule has 0 N–H and O–H groups in total. The molecule has 5 heteroatoms. The minimum atomic E-state index is -0.380. The SMILES string of the molecule is CC.CC(=O)OCC(C)C1=CCCC=C1[N+](=O)[O-]. The van der Waals surface area contributed by atoms with Gasteiger partial charge in [0.05, 0.1) is 11.5 Å². The third-order valence-corrected chi connectivity index (χ3v) is 2.43. The number of hydrogen-bond donors (Lipinski definition) is 0. The summed E-state index contributed by atoms with van der Waals surface area (Å²) in [5.74, 6) is -0.504. The van der Waals surface area contributed by atoms with Crippen LogP contribution in [-0.2, 0) is 9.53 Å². The Balaban J connectivity index is 0.00000137. The number of nitrogens with zero attached hydrogens (tertiary/aromatic N) is 1. The summed E-state index contributed by atoms with van der Waals surface area (Å²) in [6, 6.07) is 0. The smallest absolute Gasteiger partial charge is 0.302 e. The van der Waals surface area contributed by atoms with Crippen LogP contribution in [0.25, 0.3) is 0 Å². The zero-order valence-electron chi connectivity index (χ0n) is 11.4. The highest BCUT2D eigenvalue weighted by Crippen LogP contribution is 2.26. The van der Waals surface area contributed by atoms with E-state index in [0.29, 0.717) is 12.0 Å². The molecule has 0 aromatic carbocycles. The number of hydrogen-bond acceptors (Lipinski definition) is 4. The normalized spacial score (nSPS) is 15.6. The third kappa shape index (κ3) is 5.12. The minimum absolute atomic E-state index is 0.138. The predicted molar refractivity (Wildman–Crippen MR) is 69.5 cm³/mol. The van der Waals surface area contributed by atoms with Gasteiger partial charge < -0.3 is 4.74 Å². The van der Waals surface area contributed by atoms with E-state index in [1.165, 1.54) is 6.92 Å². The van der Waals surface area contributed by atoms with E-state index in [1.54, 1.807) is 6.08 Å². The fourth-order valence-electron chi connectivity index (χ4n) is 1.65. The zero-order valence-corrected chi connectivity index (χ0v) is 11.4. The molecular formula is C13H21NO4. The van der Waals surface area contributed by atoms with Crippen molar-refractivity contribution < 1.29 is 14.5 Å². The fourth-order valence-corrected chi connectivity index (χ4v) is 1.65. The first-order chi connectivity index (χ1) is 8.52. The van der Waals surface area contributed by atoms with Crippen molar-refractivity contribution in [1.29, 1.82) is 0 Å². The van der Waals surface area contributed by atoms with E-state index < -0.39 is 0 Å². The van der Waals surface area contributed by atoms with Gasteiger partial charge in [0.2, 0.25) is 0 Å². The van der Waals surface area contributed by atoms with Crippen molar-refractivity contribution in [2.24, 2.45) is 5.92 Å². The largest absolute Gasteiger partial charge is 0.465 e. The maximum atomic E-state index is 10.8. The number of allylic oxidation sites excluding steroid dienone is 3. The monoisotopic (exact) mass is 255 g/mol. The number of rotatable bonds is 4. The van der Waals surface area contributed by atoms with Crippen LogP contribution in [0.5, 0.6) is 0 Å². The second-order valence-corrected chi connectivity index (χ2v) is 3.79. The molecule has 1 aliphatic rings. The first kappa shape index (κ1) is 16.4. The standard InChI is InChI=1S/C11H15NO4.C2H6/c1-8(7-16-9(2)13)10-5-3-4-6-11(10)12(14)15;1-2/h5-6,8H,3-4,7H2,1-2H3;1-2H3. The number of ether oxygens (including phenoxy) is 1. The molecule has 0 heterocycles. The Morgan fingerprint density at radius 3 is 2.50 bits per heavy atom. The lowest BCUT2D eigenvalue weighted by molar-refractivity contribution is -0.422. The Hall–Kier alpha value is -1.65. The van der Waals surface area contributed by atoms with Crippen LogP contribution in [-0.4, -0.2) is 17.5 Å². The van der Waals surface area contributed by atoms with E-state index >= 15 is 0 Å². The number of carbonyl (C=O) groups excluding carboxylic acids is 1. The number of esters is 1. The van der Waals surface area contributed by atoms with Gasteiger partial charge in [-0.15, -0.1) is 0 Å². The molecule has 18 heavy (non-hydrogen) atoms. The molecular weight excluding hydrogens is 234 g/mol. The highest BCUT2D eigenvalue weighted by atomic mass is 16.6. The Morgan fingerprint density at radius 2 is 2.00 bits per heavy atom. The third-order valence-electron chi connectivity index (χ3n) is 2.43. The molecule has 0 fully saturated rings. The van der Waals surface area contributed by atoms with Crippen molar-refractivity contribution in [3.63, 3.8) is 0 Å². The quantitative estimate of drug-likeness (QED) is 0.439. The summed E-state index contributed by atoms with van der Waals surface area (Å²) in [6.45, 7) is 7.33. The molecule has 0 amide bonds. The van der Waals surface area contributed by atoms with Crippen LogP contribution >= 0.6 is 0 Å². The van der Waals surface area contributed by atoms with Gasteiger partial charge in [-0.2, -0.15) is 0 Å². The van der Waals surface area contributed by atoms with Crippen LogP contribution in [0, 0.1) is 16.0 Å². The van der Waals surface area contributed by atoms with Gasteiger partial charge in [-0.3, -0.25) is 14.9 Å². The summed E-state index contributed by atoms with van der Waals surface area (Å²) in [5, 5.41) is 10.8. The van der Waals surface area contributed by atoms with Crippen molar-refractivity contribution in [2.45, 2.75) is 40.5 Å². The van der Waals surface area contributed by atoms with Gasteiger partial charge in [0.1, 0.15) is 0 Å². The first-order valence-electron chi connectivity index (χ1n) is 6.20. The summed E-state index contributed by atoms with van der Waals surface area (Å²) in [4.78, 5) is 21.1. The van der Waals surface area contributed by atoms with Gasteiger partial charge in [-0.1, -0.05) is 26.8 Å². The molecule has 0 saturated heterocycles. The lowest BCUT2D eigenvalue weighted by Gasteiger charge is -2.16. The topological polar surface area (TPSA) is 69.4 Å². The highest BCUT2D eigenvalue weighted by Gasteiger charge is 2.24. The van der Waals surface area contributed by atoms with E-state index in [4.69, 9.17) is 4.74 Å². The predicted octanol–water partition coefficient (Wildman–Crippen LogP) is 3.09. The Morgan fingerprint density at radius 1 is 1.44 bits per heavy atom. The fraction of sp³-hybridized carbons (Fsp3) is 0.615. The van der Waals surface area contributed by atoms with Crippen molar-refractivity contribution in [2.75, 3.05) is 6.61 Å². The maximum absolute atomic E-state index is 10.8. The summed E-state index contributed by atoms with van der Waals surface area (Å²) in [6.07, 6.45) is 4.98. The summed E-state index contributed by atoms with van der Waals surface area (Å²) < 4.78 is 4.86. The van der Waals surface area contributed by atoms with Crippen LogP contribution in [0.1, 0.15) is 40.5 Å². The van der Waals surface area contributed by atoms with Gasteiger partial charge in [0.15, 0.2) is 0 Å². The van der Waals surface area contributed by atoms with Crippen LogP contribution in [0.4, 0.5) is 0 Å². The van der Waals surface area contributed by atoms with Crippen molar-refractivity contribution >= 4 is 5.97 Å². The Kier molecular flexibility index (Phi) is 7.67. The number of nitro groups is 1. The van der Waals surface area contributed by atoms with E-state index in [0.717, 1.165) is 6.42 Å². The van der Waals surface area contributed by atoms with E-state index in [1.807, 2.05) is 26.8 Å². The summed E-state index contributed by atoms with van der Waals surface area (Å²) in [5.41, 5.74) is 0.809. The Bertz CT molecular complexity index is 358. The molecule has 0 bridgehead atoms. The minimum Gasteiger partial charge on any atom is -0.465 e. The molecule has 1 unspecified atom stereocenters. The van der Waals surface area contributed by atoms with Gasteiger partial charge in [0, 0.05) is 18.4 Å². The molecule has 0 saturated carbocycles. The second-order valence-electron chi connectivity index (χ2n) is 3.79. The number of carbonyl (C=O) groups is 1. The maximum Gasteiger partial charge on any atom is 0.302 e. The van der Waals surface area contributed by atoms with E-state index in [9.17, 15) is 14.9 Å². The molecule has 1 aliphatic carbocycles. The van der Waals surface area contributed by atoms with Crippen LogP contribution in [0.2, 0.25) is 0 Å². The van der Waals surface area contributed by atoms with Gasteiger partial charge in [0.25, 0.3) is 5.70 Å². The lowest BCUT2D eigenvalue weighted by Crippen LogP contribution is -2.17. The lowest BCUT2D eigenvalue weighted by atomic mass is 9.93. The molecule has 0 aromatic rings. The van der Waals surface area contributed by atoms with Crippen LogP contribution < -0.4 is 0 Å². The Labute approximate surface area is 108 Å². The van der Waals surface area contributed by atoms with Crippen molar-refractivity contribution in [3.05, 3.63) is 33.5 Å². The first-order valence-corrected chi connectivity index (χ1v) is 6.20. The molecule has 0 spiro atoms. The second kappa shape index (κ2) is 8.44. The summed E-state index contributed by atoms with van der Waals surface area (Å²) in [7, 11) is 0. The van der Waals surface area contributed by atoms with Crippen molar-refractivity contribution in [3.8, 4) is 0 Å². The van der Waals surface area contributed by atoms with Gasteiger partial charge >= 0.3 is 5.97 Å². The molecule has 102 valence electrons. The van der Waals surface area contributed by atoms with Gasteiger partial charge in [-0.05, 0) is 18.9 Å². The average molecular weight is 255 g/mol. The van der Waals surface area contributed by atoms with Crippen LogP contribution in [0.15, 0.2) is 23.4 Å². The molecule has 0 aliphatic heterocycles. The molecule has 5 nitrogen and oxygen atoms in total. The summed E-state index contributed by atoms with van der Waals surface area (Å²) >= 11 is 0. The molecule has 0 aromatic heterocycles. The van der Waals surface area contributed by atoms with E-state index in [2.05, 4.69) is 0 Å². The van der Waals surface area contributed by atoms with Gasteiger partial charge in [-0.25, -0.2) is 0 Å². The zero-order chi connectivity index (χ0) is 14.1. The van der Waals surface area contributed by atoms with E-state index in [-0.39, 0.29) is 29.1 Å². The molecule has 1 rings (SSSR count). The van der Waals surface area contributed by atoms with Crippen LogP contribution in [0.3, 0.4) is 0 Å². The molecule has 0 radical (unpaired) electrons. The average Bonchev–Trinajstić information content (AvgIpc) is 2.38.